The fraction of sp³-hybridized carbons (Fsp3) is 0.700. The molecule has 0 unspecified atom stereocenters. The predicted molar refractivity (Wildman–Crippen MR) is 47.3 cm³/mol. The predicted octanol–water partition coefficient (Wildman–Crippen LogP) is 1.44. The Morgan fingerprint density at radius 3 is 2.85 bits per heavy atom. The molecule has 0 radical (unpaired) electrons. The molecule has 13 heavy (non-hydrogen) atoms. The summed E-state index contributed by atoms with van der Waals surface area (Å²) in [5, 5.41) is 9.04. The first kappa shape index (κ1) is 8.75. The Labute approximate surface area is 77.4 Å². The molecule has 0 spiro atoms. The van der Waals surface area contributed by atoms with Crippen molar-refractivity contribution in [2.75, 3.05) is 7.11 Å². The number of fused-ring (bicyclic) bond motifs is 2. The molecule has 0 amide bonds. The molecule has 0 saturated heterocycles. The van der Waals surface area contributed by atoms with Crippen LogP contribution in [0.4, 0.5) is 0 Å². The molecule has 3 atom stereocenters. The van der Waals surface area contributed by atoms with Gasteiger partial charge in [0.15, 0.2) is 0 Å². The first-order chi connectivity index (χ1) is 6.18. The van der Waals surface area contributed by atoms with Crippen LogP contribution in [-0.2, 0) is 9.53 Å². The summed E-state index contributed by atoms with van der Waals surface area (Å²) in [6.07, 6.45) is 6.70. The lowest BCUT2D eigenvalue weighted by molar-refractivity contribution is -0.157. The van der Waals surface area contributed by atoms with Crippen molar-refractivity contribution >= 4 is 5.97 Å². The summed E-state index contributed by atoms with van der Waals surface area (Å²) >= 11 is 0. The second-order valence-electron chi connectivity index (χ2n) is 3.94. The van der Waals surface area contributed by atoms with Gasteiger partial charge >= 0.3 is 5.97 Å². The number of carboxylic acids is 1. The SMILES string of the molecule is CO[C@]12C=C[C@H](CC1)C[C@H]2C(=O)O. The molecule has 1 N–H and O–H groups in total. The Kier molecular flexibility index (Phi) is 1.91. The Bertz CT molecular complexity index is 259. The number of allylic oxidation sites excluding steroid dienone is 1. The van der Waals surface area contributed by atoms with Crippen LogP contribution >= 0.6 is 0 Å². The molecule has 2 bridgehead atoms. The van der Waals surface area contributed by atoms with Gasteiger partial charge < -0.3 is 9.84 Å². The number of ether oxygens (including phenoxy) is 1. The molecular formula is C10H14O3. The smallest absolute Gasteiger partial charge is 0.309 e. The number of hydrogen-bond acceptors (Lipinski definition) is 2. The summed E-state index contributed by atoms with van der Waals surface area (Å²) in [7, 11) is 1.60. The summed E-state index contributed by atoms with van der Waals surface area (Å²) < 4.78 is 5.37. The number of carbonyl (C=O) groups is 1. The van der Waals surface area contributed by atoms with Gasteiger partial charge in [-0.25, -0.2) is 0 Å². The highest BCUT2D eigenvalue weighted by molar-refractivity contribution is 5.73. The van der Waals surface area contributed by atoms with E-state index >= 15 is 0 Å². The molecule has 0 heterocycles. The van der Waals surface area contributed by atoms with Crippen molar-refractivity contribution in [2.45, 2.75) is 24.9 Å². The summed E-state index contributed by atoms with van der Waals surface area (Å²) in [5.74, 6) is -0.615. The topological polar surface area (TPSA) is 46.5 Å². The second-order valence-corrected chi connectivity index (χ2v) is 3.94. The molecule has 0 aromatic heterocycles. The minimum absolute atomic E-state index is 0.346. The van der Waals surface area contributed by atoms with Gasteiger partial charge in [0.05, 0.1) is 11.5 Å². The third-order valence-electron chi connectivity index (χ3n) is 3.36. The second kappa shape index (κ2) is 2.84. The van der Waals surface area contributed by atoms with Crippen LogP contribution in [-0.4, -0.2) is 23.8 Å². The van der Waals surface area contributed by atoms with Crippen molar-refractivity contribution < 1.29 is 14.6 Å². The van der Waals surface area contributed by atoms with Crippen LogP contribution in [0.1, 0.15) is 19.3 Å². The Balaban J connectivity index is 2.32. The minimum atomic E-state index is -0.726. The van der Waals surface area contributed by atoms with Gasteiger partial charge in [0, 0.05) is 7.11 Å². The van der Waals surface area contributed by atoms with Gasteiger partial charge in [-0.1, -0.05) is 12.2 Å². The number of carboxylic acid groups (broad SMARTS) is 1. The maximum Gasteiger partial charge on any atom is 0.309 e. The van der Waals surface area contributed by atoms with Gasteiger partial charge in [0.1, 0.15) is 0 Å². The van der Waals surface area contributed by atoms with Gasteiger partial charge in [-0.15, -0.1) is 0 Å². The largest absolute Gasteiger partial charge is 0.481 e. The third kappa shape index (κ3) is 1.18. The molecule has 3 nitrogen and oxygen atoms in total. The van der Waals surface area contributed by atoms with Crippen LogP contribution in [0.2, 0.25) is 0 Å². The fourth-order valence-corrected chi connectivity index (χ4v) is 2.50. The van der Waals surface area contributed by atoms with E-state index in [9.17, 15) is 4.79 Å². The van der Waals surface area contributed by atoms with Crippen molar-refractivity contribution in [3.63, 3.8) is 0 Å². The molecule has 1 fully saturated rings. The van der Waals surface area contributed by atoms with Gasteiger partial charge in [-0.05, 0) is 25.2 Å². The summed E-state index contributed by atoms with van der Waals surface area (Å²) in [6.45, 7) is 0. The first-order valence-electron chi connectivity index (χ1n) is 4.65. The molecule has 3 aliphatic rings. The average Bonchev–Trinajstić information content (AvgIpc) is 2.19. The third-order valence-corrected chi connectivity index (χ3v) is 3.36. The molecule has 3 rings (SSSR count). The van der Waals surface area contributed by atoms with E-state index in [0.29, 0.717) is 5.92 Å². The highest BCUT2D eigenvalue weighted by Gasteiger charge is 2.48. The van der Waals surface area contributed by atoms with Crippen LogP contribution in [0.25, 0.3) is 0 Å². The quantitative estimate of drug-likeness (QED) is 0.657. The van der Waals surface area contributed by atoms with Crippen LogP contribution < -0.4 is 0 Å². The van der Waals surface area contributed by atoms with Crippen LogP contribution in [0.5, 0.6) is 0 Å². The Morgan fingerprint density at radius 1 is 1.69 bits per heavy atom. The lowest BCUT2D eigenvalue weighted by atomic mass is 9.66. The van der Waals surface area contributed by atoms with Crippen LogP contribution in [0, 0.1) is 11.8 Å². The lowest BCUT2D eigenvalue weighted by Crippen LogP contribution is -2.49. The van der Waals surface area contributed by atoms with E-state index in [0.717, 1.165) is 19.3 Å². The van der Waals surface area contributed by atoms with E-state index in [1.165, 1.54) is 0 Å². The zero-order valence-corrected chi connectivity index (χ0v) is 7.69. The molecule has 0 aliphatic heterocycles. The molecule has 0 aromatic rings. The number of rotatable bonds is 2. The Morgan fingerprint density at radius 2 is 2.46 bits per heavy atom. The zero-order valence-electron chi connectivity index (χ0n) is 7.69. The van der Waals surface area contributed by atoms with E-state index in [1.54, 1.807) is 7.11 Å². The normalized spacial score (nSPS) is 42.2. The highest BCUT2D eigenvalue weighted by Crippen LogP contribution is 2.45. The van der Waals surface area contributed by atoms with Crippen LogP contribution in [0.15, 0.2) is 12.2 Å². The van der Waals surface area contributed by atoms with E-state index in [-0.39, 0.29) is 5.92 Å². The van der Waals surface area contributed by atoms with Crippen molar-refractivity contribution in [1.82, 2.24) is 0 Å². The zero-order chi connectivity index (χ0) is 9.47. The summed E-state index contributed by atoms with van der Waals surface area (Å²) in [4.78, 5) is 11.0. The standard InChI is InChI=1S/C10H14O3/c1-13-10-4-2-7(3-5-10)6-8(10)9(11)12/h2,4,7-8H,3,5-6H2,1H3,(H,11,12)/t7-,8+,10-/m1/s1. The average molecular weight is 182 g/mol. The van der Waals surface area contributed by atoms with Gasteiger partial charge in [-0.2, -0.15) is 0 Å². The number of hydrogen-bond donors (Lipinski definition) is 1. The molecule has 0 aromatic carbocycles. The molecule has 1 saturated carbocycles. The highest BCUT2D eigenvalue weighted by atomic mass is 16.5. The molecule has 3 heteroatoms. The van der Waals surface area contributed by atoms with Gasteiger partial charge in [0.2, 0.25) is 0 Å². The van der Waals surface area contributed by atoms with Gasteiger partial charge in [-0.3, -0.25) is 4.79 Å². The maximum absolute atomic E-state index is 11.0. The Hall–Kier alpha value is -0.830. The molecule has 3 aliphatic carbocycles. The summed E-state index contributed by atoms with van der Waals surface area (Å²) in [6, 6.07) is 0. The van der Waals surface area contributed by atoms with E-state index in [2.05, 4.69) is 6.08 Å². The van der Waals surface area contributed by atoms with Crippen molar-refractivity contribution in [3.05, 3.63) is 12.2 Å². The van der Waals surface area contributed by atoms with Crippen molar-refractivity contribution in [2.24, 2.45) is 11.8 Å². The molecule has 72 valence electrons. The number of aliphatic carboxylic acids is 1. The van der Waals surface area contributed by atoms with Crippen LogP contribution in [0.3, 0.4) is 0 Å². The first-order valence-corrected chi connectivity index (χ1v) is 4.65. The van der Waals surface area contributed by atoms with Crippen molar-refractivity contribution in [1.29, 1.82) is 0 Å². The van der Waals surface area contributed by atoms with E-state index < -0.39 is 11.6 Å². The number of methoxy groups -OCH3 is 1. The minimum Gasteiger partial charge on any atom is -0.481 e. The van der Waals surface area contributed by atoms with E-state index in [4.69, 9.17) is 9.84 Å². The molecular weight excluding hydrogens is 168 g/mol. The monoisotopic (exact) mass is 182 g/mol. The van der Waals surface area contributed by atoms with Gasteiger partial charge in [0.25, 0.3) is 0 Å². The van der Waals surface area contributed by atoms with Crippen molar-refractivity contribution in [3.8, 4) is 0 Å². The lowest BCUT2D eigenvalue weighted by Gasteiger charge is -2.45. The fourth-order valence-electron chi connectivity index (χ4n) is 2.50. The van der Waals surface area contributed by atoms with E-state index in [1.807, 2.05) is 6.08 Å². The maximum atomic E-state index is 11.0. The summed E-state index contributed by atoms with van der Waals surface area (Å²) in [5.41, 5.74) is -0.513.